The Kier molecular flexibility index (Phi) is 4.72. The van der Waals surface area contributed by atoms with Crippen molar-refractivity contribution in [3.63, 3.8) is 0 Å². The molecule has 1 nitrogen and oxygen atoms in total. The van der Waals surface area contributed by atoms with E-state index in [9.17, 15) is 0 Å². The maximum Gasteiger partial charge on any atom is 0.0600 e. The molecule has 1 unspecified atom stereocenters. The van der Waals surface area contributed by atoms with Gasteiger partial charge >= 0.3 is 0 Å². The summed E-state index contributed by atoms with van der Waals surface area (Å²) >= 11 is 5.80. The van der Waals surface area contributed by atoms with Crippen molar-refractivity contribution in [2.75, 3.05) is 12.8 Å². The normalized spacial score (nSPS) is 12.8. The minimum absolute atomic E-state index is 0.425. The van der Waals surface area contributed by atoms with Gasteiger partial charge in [-0.2, -0.15) is 0 Å². The minimum atomic E-state index is -0.425. The topological polar surface area (TPSA) is 9.23 Å². The molecule has 0 amide bonds. The minimum Gasteiger partial charge on any atom is -0.355 e. The second kappa shape index (κ2) is 5.59. The summed E-state index contributed by atoms with van der Waals surface area (Å²) in [4.78, 5) is 0. The number of hydrogen-bond acceptors (Lipinski definition) is 1. The van der Waals surface area contributed by atoms with E-state index in [1.54, 1.807) is 0 Å². The molecule has 1 rings (SSSR count). The Labute approximate surface area is 85.9 Å². The van der Waals surface area contributed by atoms with Crippen molar-refractivity contribution in [3.05, 3.63) is 29.3 Å². The summed E-state index contributed by atoms with van der Waals surface area (Å²) in [6, 6.07) is 7.93. The van der Waals surface area contributed by atoms with Crippen molar-refractivity contribution in [1.29, 1.82) is 0 Å². The van der Waals surface area contributed by atoms with E-state index in [1.165, 1.54) is 5.30 Å². The molecule has 1 aromatic carbocycles. The molecule has 0 spiro atoms. The summed E-state index contributed by atoms with van der Waals surface area (Å²) < 4.78 is 5.64. The highest BCUT2D eigenvalue weighted by Crippen LogP contribution is 2.34. The van der Waals surface area contributed by atoms with Crippen LogP contribution in [0.3, 0.4) is 0 Å². The lowest BCUT2D eigenvalue weighted by Crippen LogP contribution is -2.04. The fourth-order valence-electron chi connectivity index (χ4n) is 1.11. The molecule has 3 heteroatoms. The fraction of sp³-hybridized carbons (Fsp3) is 0.400. The number of hydrogen-bond donors (Lipinski definition) is 0. The van der Waals surface area contributed by atoms with Crippen molar-refractivity contribution < 1.29 is 4.52 Å². The van der Waals surface area contributed by atoms with Crippen LogP contribution in [-0.4, -0.2) is 12.8 Å². The van der Waals surface area contributed by atoms with Crippen LogP contribution < -0.4 is 5.30 Å². The lowest BCUT2D eigenvalue weighted by atomic mass is 10.4. The highest BCUT2D eigenvalue weighted by atomic mass is 35.5. The lowest BCUT2D eigenvalue weighted by Gasteiger charge is -2.14. The van der Waals surface area contributed by atoms with Gasteiger partial charge < -0.3 is 4.52 Å². The Morgan fingerprint density at radius 1 is 1.23 bits per heavy atom. The zero-order valence-corrected chi connectivity index (χ0v) is 9.61. The predicted molar refractivity (Wildman–Crippen MR) is 60.2 cm³/mol. The van der Waals surface area contributed by atoms with E-state index < -0.39 is 8.15 Å². The Morgan fingerprint density at radius 3 is 2.31 bits per heavy atom. The Hall–Kier alpha value is -0.100. The van der Waals surface area contributed by atoms with E-state index in [0.717, 1.165) is 17.8 Å². The third-order valence-corrected chi connectivity index (χ3v) is 3.96. The first-order valence-electron chi connectivity index (χ1n) is 4.44. The molecular weight excluding hydrogens is 203 g/mol. The highest BCUT2D eigenvalue weighted by Gasteiger charge is 2.07. The van der Waals surface area contributed by atoms with E-state index >= 15 is 0 Å². The van der Waals surface area contributed by atoms with Crippen LogP contribution in [0, 0.1) is 0 Å². The van der Waals surface area contributed by atoms with Crippen molar-refractivity contribution in [2.45, 2.75) is 13.8 Å². The molecule has 0 aliphatic rings. The Morgan fingerprint density at radius 2 is 1.85 bits per heavy atom. The lowest BCUT2D eigenvalue weighted by molar-refractivity contribution is 0.383. The molecule has 0 aliphatic heterocycles. The maximum atomic E-state index is 5.80. The van der Waals surface area contributed by atoms with E-state index in [2.05, 4.69) is 6.92 Å². The van der Waals surface area contributed by atoms with Gasteiger partial charge in [0, 0.05) is 16.9 Å². The molecule has 0 saturated heterocycles. The summed E-state index contributed by atoms with van der Waals surface area (Å²) in [5.74, 6) is 0. The molecule has 1 atom stereocenters. The summed E-state index contributed by atoms with van der Waals surface area (Å²) in [6.07, 6.45) is 1.06. The van der Waals surface area contributed by atoms with Crippen molar-refractivity contribution >= 4 is 25.1 Å². The van der Waals surface area contributed by atoms with Crippen molar-refractivity contribution in [1.82, 2.24) is 0 Å². The first-order chi connectivity index (χ1) is 6.27. The zero-order chi connectivity index (χ0) is 9.68. The van der Waals surface area contributed by atoms with Crippen LogP contribution in [0.5, 0.6) is 0 Å². The van der Waals surface area contributed by atoms with Gasteiger partial charge in [0.2, 0.25) is 0 Å². The summed E-state index contributed by atoms with van der Waals surface area (Å²) in [7, 11) is -0.425. The third-order valence-electron chi connectivity index (χ3n) is 1.69. The van der Waals surface area contributed by atoms with Gasteiger partial charge in [-0.1, -0.05) is 30.7 Å². The quantitative estimate of drug-likeness (QED) is 0.701. The van der Waals surface area contributed by atoms with Gasteiger partial charge in [-0.3, -0.25) is 0 Å². The maximum absolute atomic E-state index is 5.80. The Bertz CT molecular complexity index is 248. The standard InChI is InChI=1S/C10H14ClOP/c1-3-12-13(4-2)10-7-5-9(11)6-8-10/h5-8H,3-4H2,1-2H3. The summed E-state index contributed by atoms with van der Waals surface area (Å²) in [6.45, 7) is 4.96. The molecule has 0 aliphatic carbocycles. The molecule has 0 bridgehead atoms. The first-order valence-corrected chi connectivity index (χ1v) is 6.26. The van der Waals surface area contributed by atoms with Gasteiger partial charge in [0.25, 0.3) is 0 Å². The fourth-order valence-corrected chi connectivity index (χ4v) is 2.73. The van der Waals surface area contributed by atoms with Gasteiger partial charge in [0.1, 0.15) is 0 Å². The monoisotopic (exact) mass is 216 g/mol. The van der Waals surface area contributed by atoms with Crippen LogP contribution in [0.25, 0.3) is 0 Å². The van der Waals surface area contributed by atoms with Gasteiger partial charge in [-0.25, -0.2) is 0 Å². The molecule has 0 saturated carbocycles. The second-order valence-corrected chi connectivity index (χ2v) is 5.19. The van der Waals surface area contributed by atoms with Gasteiger partial charge in [0.05, 0.1) is 8.15 Å². The van der Waals surface area contributed by atoms with Crippen molar-refractivity contribution in [3.8, 4) is 0 Å². The largest absolute Gasteiger partial charge is 0.355 e. The molecular formula is C10H14ClOP. The van der Waals surface area contributed by atoms with Crippen LogP contribution in [0.4, 0.5) is 0 Å². The average Bonchev–Trinajstić information content (AvgIpc) is 2.16. The van der Waals surface area contributed by atoms with Crippen LogP contribution >= 0.6 is 19.7 Å². The Balaban J connectivity index is 2.73. The SMILES string of the molecule is CCOP(CC)c1ccc(Cl)cc1. The highest BCUT2D eigenvalue weighted by molar-refractivity contribution is 7.60. The van der Waals surface area contributed by atoms with E-state index in [0.29, 0.717) is 0 Å². The van der Waals surface area contributed by atoms with Crippen LogP contribution in [0.2, 0.25) is 5.02 Å². The van der Waals surface area contributed by atoms with Gasteiger partial charge in [-0.05, 0) is 25.2 Å². The van der Waals surface area contributed by atoms with Crippen molar-refractivity contribution in [2.24, 2.45) is 0 Å². The molecule has 72 valence electrons. The van der Waals surface area contributed by atoms with Crippen LogP contribution in [0.15, 0.2) is 24.3 Å². The number of halogens is 1. The predicted octanol–water partition coefficient (Wildman–Crippen LogP) is 3.42. The molecule has 0 heterocycles. The smallest absolute Gasteiger partial charge is 0.0600 e. The summed E-state index contributed by atoms with van der Waals surface area (Å²) in [5.41, 5.74) is 0. The third kappa shape index (κ3) is 3.27. The van der Waals surface area contributed by atoms with Crippen LogP contribution in [0.1, 0.15) is 13.8 Å². The first kappa shape index (κ1) is 11.0. The number of benzene rings is 1. The second-order valence-electron chi connectivity index (χ2n) is 2.59. The summed E-state index contributed by atoms with van der Waals surface area (Å²) in [5, 5.41) is 2.05. The molecule has 13 heavy (non-hydrogen) atoms. The van der Waals surface area contributed by atoms with E-state index in [1.807, 2.05) is 31.2 Å². The number of rotatable bonds is 4. The molecule has 1 aromatic rings. The van der Waals surface area contributed by atoms with Crippen LogP contribution in [-0.2, 0) is 4.52 Å². The molecule has 0 radical (unpaired) electrons. The molecule has 0 aromatic heterocycles. The van der Waals surface area contributed by atoms with Gasteiger partial charge in [-0.15, -0.1) is 0 Å². The molecule has 0 fully saturated rings. The van der Waals surface area contributed by atoms with E-state index in [4.69, 9.17) is 16.1 Å². The van der Waals surface area contributed by atoms with Gasteiger partial charge in [0.15, 0.2) is 0 Å². The molecule has 0 N–H and O–H groups in total. The average molecular weight is 217 g/mol. The van der Waals surface area contributed by atoms with E-state index in [-0.39, 0.29) is 0 Å². The zero-order valence-electron chi connectivity index (χ0n) is 7.96.